The minimum Gasteiger partial charge on any atom is -0.497 e. The van der Waals surface area contributed by atoms with Gasteiger partial charge in [-0.2, -0.15) is 5.26 Å². The third kappa shape index (κ3) is 3.40. The van der Waals surface area contributed by atoms with Crippen LogP contribution in [0.4, 0.5) is 0 Å². The van der Waals surface area contributed by atoms with Crippen molar-refractivity contribution in [3.63, 3.8) is 0 Å². The Balaban J connectivity index is 1.92. The maximum atomic E-state index is 11.8. The van der Waals surface area contributed by atoms with E-state index >= 15 is 0 Å². The molecule has 2 fully saturated rings. The molecule has 102 valence electrons. The molecule has 1 heterocycles. The molecule has 1 aliphatic carbocycles. The Bertz CT molecular complexity index is 405. The summed E-state index contributed by atoms with van der Waals surface area (Å²) in [4.78, 5) is 23.5. The number of esters is 1. The van der Waals surface area contributed by atoms with Crippen LogP contribution in [0, 0.1) is 17.4 Å². The van der Waals surface area contributed by atoms with E-state index < -0.39 is 12.7 Å². The van der Waals surface area contributed by atoms with Gasteiger partial charge in [0.2, 0.25) is 5.91 Å². The number of hydrogen-bond donors (Lipinski definition) is 1. The topological polar surface area (TPSA) is 88.4 Å². The summed E-state index contributed by atoms with van der Waals surface area (Å²) in [6.45, 7) is 1.54. The highest BCUT2D eigenvalue weighted by Crippen LogP contribution is 2.34. The zero-order chi connectivity index (χ0) is 13.8. The van der Waals surface area contributed by atoms with E-state index in [0.29, 0.717) is 19.3 Å². The molecule has 1 N–H and O–H groups in total. The second-order valence-electron chi connectivity index (χ2n) is 5.06. The normalized spacial score (nSPS) is 25.6. The molecule has 1 amide bonds. The van der Waals surface area contributed by atoms with Crippen LogP contribution in [0.2, 0.25) is 12.1 Å². The third-order valence-electron chi connectivity index (χ3n) is 3.59. The van der Waals surface area contributed by atoms with E-state index in [4.69, 9.17) is 14.7 Å². The highest BCUT2D eigenvalue weighted by atomic mass is 16.5. The average molecular weight is 264 g/mol. The molecule has 0 unspecified atom stereocenters. The molecule has 6 nitrogen and oxygen atoms in total. The molecular weight excluding hydrogens is 247 g/mol. The molecule has 7 heteroatoms. The molecule has 2 aliphatic rings. The lowest BCUT2D eigenvalue weighted by atomic mass is 9.58. The van der Waals surface area contributed by atoms with Crippen molar-refractivity contribution in [2.75, 3.05) is 6.61 Å². The molecule has 0 spiro atoms. The standard InChI is InChI=1S/C12H17BN2O4/c1-2-18-12(17)10-5-9(6-13(10)19-7-14)15-11(16)8-3-4-8/h8-10H,2-6H2,1H3,(H,15,16)/t9-,10+/m1/s1. The first kappa shape index (κ1) is 13.7. The van der Waals surface area contributed by atoms with Gasteiger partial charge in [0.15, 0.2) is 0 Å². The van der Waals surface area contributed by atoms with E-state index in [9.17, 15) is 9.59 Å². The van der Waals surface area contributed by atoms with Crippen molar-refractivity contribution in [1.82, 2.24) is 5.32 Å². The van der Waals surface area contributed by atoms with Gasteiger partial charge in [0.25, 0.3) is 6.26 Å². The lowest BCUT2D eigenvalue weighted by molar-refractivity contribution is -0.143. The molecule has 0 radical (unpaired) electrons. The second kappa shape index (κ2) is 5.96. The van der Waals surface area contributed by atoms with Crippen LogP contribution in [0.25, 0.3) is 0 Å². The largest absolute Gasteiger partial charge is 0.497 e. The van der Waals surface area contributed by atoms with Crippen LogP contribution in [-0.2, 0) is 19.0 Å². The van der Waals surface area contributed by atoms with Crippen LogP contribution in [0.15, 0.2) is 0 Å². The van der Waals surface area contributed by atoms with Crippen molar-refractivity contribution >= 4 is 18.8 Å². The summed E-state index contributed by atoms with van der Waals surface area (Å²) in [6.07, 6.45) is 4.47. The van der Waals surface area contributed by atoms with E-state index in [2.05, 4.69) is 5.32 Å². The number of carbonyl (C=O) groups is 2. The monoisotopic (exact) mass is 264 g/mol. The first-order valence-corrected chi connectivity index (χ1v) is 6.67. The van der Waals surface area contributed by atoms with Gasteiger partial charge in [0.1, 0.15) is 0 Å². The highest BCUT2D eigenvalue weighted by Gasteiger charge is 2.47. The summed E-state index contributed by atoms with van der Waals surface area (Å²) in [6, 6.07) is -0.110. The minimum atomic E-state index is -0.492. The molecule has 0 aromatic heterocycles. The van der Waals surface area contributed by atoms with Crippen molar-refractivity contribution in [2.24, 2.45) is 5.92 Å². The molecule has 2 atom stereocenters. The number of nitriles is 1. The Morgan fingerprint density at radius 3 is 2.79 bits per heavy atom. The van der Waals surface area contributed by atoms with Gasteiger partial charge in [-0.25, -0.2) is 0 Å². The highest BCUT2D eigenvalue weighted by molar-refractivity contribution is 6.59. The lowest BCUT2D eigenvalue weighted by Crippen LogP contribution is -2.34. The summed E-state index contributed by atoms with van der Waals surface area (Å²) >= 11 is 0. The summed E-state index contributed by atoms with van der Waals surface area (Å²) in [5, 5.41) is 11.5. The lowest BCUT2D eigenvalue weighted by Gasteiger charge is -2.12. The van der Waals surface area contributed by atoms with Gasteiger partial charge in [0, 0.05) is 12.0 Å². The number of ether oxygens (including phenoxy) is 1. The Hall–Kier alpha value is -1.71. The predicted molar refractivity (Wildman–Crippen MR) is 66.9 cm³/mol. The SMILES string of the molecule is CCOC(=O)[C@@H]1C[C@@H](NC(=O)C2CC2)CB1OC#N. The molecule has 2 rings (SSSR count). The fourth-order valence-corrected chi connectivity index (χ4v) is 2.48. The number of amides is 1. The summed E-state index contributed by atoms with van der Waals surface area (Å²) < 4.78 is 9.90. The van der Waals surface area contributed by atoms with Gasteiger partial charge in [-0.1, -0.05) is 0 Å². The number of nitrogens with zero attached hydrogens (tertiary/aromatic N) is 1. The quantitative estimate of drug-likeness (QED) is 0.448. The average Bonchev–Trinajstić information content (AvgIpc) is 3.14. The van der Waals surface area contributed by atoms with Crippen molar-refractivity contribution in [1.29, 1.82) is 5.26 Å². The van der Waals surface area contributed by atoms with Gasteiger partial charge in [-0.05, 0) is 32.5 Å². The van der Waals surface area contributed by atoms with Gasteiger partial charge in [-0.3, -0.25) is 9.59 Å². The fraction of sp³-hybridized carbons (Fsp3) is 0.750. The van der Waals surface area contributed by atoms with E-state index in [1.807, 2.05) is 0 Å². The molecular formula is C12H17BN2O4. The zero-order valence-electron chi connectivity index (χ0n) is 10.9. The smallest absolute Gasteiger partial charge is 0.389 e. The molecule has 1 saturated carbocycles. The van der Waals surface area contributed by atoms with Crippen LogP contribution in [0.5, 0.6) is 0 Å². The van der Waals surface area contributed by atoms with E-state index in [1.165, 1.54) is 0 Å². The molecule has 0 aromatic carbocycles. The molecule has 1 saturated heterocycles. The Labute approximate surface area is 112 Å². The summed E-state index contributed by atoms with van der Waals surface area (Å²) in [5.74, 6) is -0.641. The third-order valence-corrected chi connectivity index (χ3v) is 3.59. The predicted octanol–water partition coefficient (Wildman–Crippen LogP) is 0.707. The second-order valence-corrected chi connectivity index (χ2v) is 5.06. The minimum absolute atomic E-state index is 0.0465. The molecule has 19 heavy (non-hydrogen) atoms. The van der Waals surface area contributed by atoms with Crippen LogP contribution >= 0.6 is 0 Å². The van der Waals surface area contributed by atoms with Crippen molar-refractivity contribution in [3.05, 3.63) is 0 Å². The van der Waals surface area contributed by atoms with Gasteiger partial charge < -0.3 is 14.7 Å². The van der Waals surface area contributed by atoms with Crippen molar-refractivity contribution < 1.29 is 19.0 Å². The Morgan fingerprint density at radius 1 is 1.47 bits per heavy atom. The van der Waals surface area contributed by atoms with Crippen LogP contribution in [0.3, 0.4) is 0 Å². The van der Waals surface area contributed by atoms with Crippen LogP contribution in [0.1, 0.15) is 26.2 Å². The van der Waals surface area contributed by atoms with Crippen molar-refractivity contribution in [3.8, 4) is 6.26 Å². The van der Waals surface area contributed by atoms with Gasteiger partial charge in [-0.15, -0.1) is 0 Å². The summed E-state index contributed by atoms with van der Waals surface area (Å²) in [7, 11) is 0. The van der Waals surface area contributed by atoms with Crippen LogP contribution in [-0.4, -0.2) is 31.4 Å². The number of rotatable bonds is 5. The number of nitrogens with one attached hydrogen (secondary N) is 1. The Morgan fingerprint density at radius 2 is 2.21 bits per heavy atom. The summed E-state index contributed by atoms with van der Waals surface area (Å²) in [5.41, 5.74) is 0. The molecule has 0 aromatic rings. The first-order chi connectivity index (χ1) is 9.15. The Kier molecular flexibility index (Phi) is 4.30. The fourth-order valence-electron chi connectivity index (χ4n) is 2.48. The number of carbonyl (C=O) groups excluding carboxylic acids is 2. The molecule has 1 aliphatic heterocycles. The maximum Gasteiger partial charge on any atom is 0.389 e. The number of hydrogen-bond acceptors (Lipinski definition) is 5. The van der Waals surface area contributed by atoms with E-state index in [-0.39, 0.29) is 23.8 Å². The van der Waals surface area contributed by atoms with Gasteiger partial charge in [0.05, 0.1) is 12.4 Å². The van der Waals surface area contributed by atoms with E-state index in [1.54, 1.807) is 13.2 Å². The molecule has 0 bridgehead atoms. The van der Waals surface area contributed by atoms with E-state index in [0.717, 1.165) is 12.8 Å². The zero-order valence-corrected chi connectivity index (χ0v) is 10.9. The first-order valence-electron chi connectivity index (χ1n) is 6.67. The van der Waals surface area contributed by atoms with Crippen LogP contribution < -0.4 is 5.32 Å². The van der Waals surface area contributed by atoms with Crippen molar-refractivity contribution in [2.45, 2.75) is 44.4 Å². The van der Waals surface area contributed by atoms with Gasteiger partial charge >= 0.3 is 12.9 Å². The maximum absolute atomic E-state index is 11.8.